The Labute approximate surface area is 176 Å². The van der Waals surface area contributed by atoms with Gasteiger partial charge in [0.15, 0.2) is 0 Å². The van der Waals surface area contributed by atoms with Gasteiger partial charge in [0.1, 0.15) is 0 Å². The third-order valence-electron chi connectivity index (χ3n) is 5.41. The molecule has 0 heterocycles. The van der Waals surface area contributed by atoms with Crippen molar-refractivity contribution < 1.29 is 19.4 Å². The summed E-state index contributed by atoms with van der Waals surface area (Å²) in [6.07, 6.45) is 3.35. The molecule has 3 aromatic carbocycles. The maximum atomic E-state index is 6.68. The Balaban J connectivity index is 2.00. The molecule has 1 aliphatic rings. The van der Waals surface area contributed by atoms with Crippen molar-refractivity contribution in [1.29, 1.82) is 0 Å². The van der Waals surface area contributed by atoms with E-state index in [1.807, 2.05) is 0 Å². The fourth-order valence-electron chi connectivity index (χ4n) is 4.08. The van der Waals surface area contributed by atoms with Gasteiger partial charge in [0, 0.05) is 0 Å². The summed E-state index contributed by atoms with van der Waals surface area (Å²) in [6.45, 7) is 4.41. The van der Waals surface area contributed by atoms with Gasteiger partial charge < -0.3 is 0 Å². The fourth-order valence-corrected chi connectivity index (χ4v) is 9.25. The van der Waals surface area contributed by atoms with Crippen molar-refractivity contribution in [2.45, 2.75) is 23.9 Å². The Morgan fingerprint density at radius 1 is 0.889 bits per heavy atom. The summed E-state index contributed by atoms with van der Waals surface area (Å²) < 4.78 is 0.182. The van der Waals surface area contributed by atoms with Crippen molar-refractivity contribution >= 4 is 28.7 Å². The summed E-state index contributed by atoms with van der Waals surface area (Å²) >= 11 is -2.58. The van der Waals surface area contributed by atoms with Crippen LogP contribution >= 0.6 is 17.0 Å². The van der Waals surface area contributed by atoms with Gasteiger partial charge in [-0.15, -0.1) is 0 Å². The van der Waals surface area contributed by atoms with Crippen molar-refractivity contribution in [3.05, 3.63) is 94.5 Å². The molecule has 0 radical (unpaired) electrons. The minimum absolute atomic E-state index is 0.182. The number of hydrogen-bond acceptors (Lipinski definition) is 0. The molecule has 0 fully saturated rings. The second kappa shape index (κ2) is 8.08. The zero-order valence-corrected chi connectivity index (χ0v) is 19.4. The summed E-state index contributed by atoms with van der Waals surface area (Å²) in [5.74, 6) is 0. The number of rotatable bonds is 4. The first-order chi connectivity index (χ1) is 13.1. The minimum atomic E-state index is -2.58. The Hall–Kier alpha value is -1.14. The standard InChI is InChI=1S/C24H21.2ClH.Zr/c1-3-18-13-14-20-15-21(19-10-5-4-6-11-19)16-23(20)24(18)22-12-8-7-9-17(22)2;;;/h4-16H,3H2,1-2H3;2*1H;/q;;;+2/p-2. The molecule has 0 aliphatic heterocycles. The number of hydrogen-bond donors (Lipinski definition) is 0. The molecule has 3 heteroatoms. The van der Waals surface area contributed by atoms with Gasteiger partial charge in [-0.3, -0.25) is 0 Å². The van der Waals surface area contributed by atoms with Crippen LogP contribution in [0.4, 0.5) is 0 Å². The van der Waals surface area contributed by atoms with Crippen molar-refractivity contribution in [1.82, 2.24) is 0 Å². The molecule has 0 bridgehead atoms. The van der Waals surface area contributed by atoms with Crippen LogP contribution < -0.4 is 0 Å². The van der Waals surface area contributed by atoms with Crippen LogP contribution in [0.25, 0.3) is 22.8 Å². The second-order valence-electron chi connectivity index (χ2n) is 6.96. The zero-order valence-electron chi connectivity index (χ0n) is 15.5. The van der Waals surface area contributed by atoms with E-state index in [2.05, 4.69) is 86.7 Å². The van der Waals surface area contributed by atoms with Gasteiger partial charge >= 0.3 is 178 Å². The molecule has 1 unspecified atom stereocenters. The predicted octanol–water partition coefficient (Wildman–Crippen LogP) is 7.75. The molecule has 0 saturated heterocycles. The number of halogens is 2. The molecule has 0 spiro atoms. The maximum absolute atomic E-state index is 6.68. The molecule has 1 atom stereocenters. The molecule has 0 nitrogen and oxygen atoms in total. The van der Waals surface area contributed by atoms with E-state index in [0.29, 0.717) is 0 Å². The first-order valence-corrected chi connectivity index (χ1v) is 17.0. The third kappa shape index (κ3) is 3.51. The van der Waals surface area contributed by atoms with E-state index < -0.39 is 19.4 Å². The fraction of sp³-hybridized carbons (Fsp3) is 0.167. The number of allylic oxidation sites excluding steroid dienone is 1. The van der Waals surface area contributed by atoms with E-state index in [4.69, 9.17) is 17.0 Å². The van der Waals surface area contributed by atoms with Crippen LogP contribution in [0.1, 0.15) is 38.4 Å². The summed E-state index contributed by atoms with van der Waals surface area (Å²) in [5, 5.41) is 0. The monoisotopic (exact) mass is 469 g/mol. The van der Waals surface area contributed by atoms with E-state index >= 15 is 0 Å². The van der Waals surface area contributed by atoms with Crippen molar-refractivity contribution in [3.63, 3.8) is 0 Å². The normalized spacial score (nSPS) is 15.4. The average molecular weight is 472 g/mol. The second-order valence-corrected chi connectivity index (χ2v) is 15.8. The van der Waals surface area contributed by atoms with Gasteiger partial charge in [-0.05, 0) is 0 Å². The molecule has 1 aliphatic carbocycles. The van der Waals surface area contributed by atoms with Gasteiger partial charge in [-0.25, -0.2) is 0 Å². The van der Waals surface area contributed by atoms with Gasteiger partial charge in [-0.1, -0.05) is 0 Å². The molecular weight excluding hydrogens is 450 g/mol. The molecule has 27 heavy (non-hydrogen) atoms. The zero-order chi connectivity index (χ0) is 19.0. The van der Waals surface area contributed by atoms with Crippen LogP contribution in [-0.4, -0.2) is 0 Å². The Morgan fingerprint density at radius 3 is 2.26 bits per heavy atom. The van der Waals surface area contributed by atoms with Crippen LogP contribution in [0.15, 0.2) is 66.7 Å². The summed E-state index contributed by atoms with van der Waals surface area (Å²) in [4.78, 5) is 0. The number of benzene rings is 3. The summed E-state index contributed by atoms with van der Waals surface area (Å²) in [6, 6.07) is 23.7. The number of aryl methyl sites for hydroxylation is 2. The first-order valence-electron chi connectivity index (χ1n) is 9.28. The van der Waals surface area contributed by atoms with Crippen molar-refractivity contribution in [3.8, 4) is 11.1 Å². The van der Waals surface area contributed by atoms with Gasteiger partial charge in [0.05, 0.1) is 0 Å². The Morgan fingerprint density at radius 2 is 1.59 bits per heavy atom. The molecule has 0 amide bonds. The van der Waals surface area contributed by atoms with E-state index in [-0.39, 0.29) is 3.63 Å². The van der Waals surface area contributed by atoms with Crippen molar-refractivity contribution in [2.75, 3.05) is 0 Å². The van der Waals surface area contributed by atoms with E-state index in [9.17, 15) is 0 Å². The summed E-state index contributed by atoms with van der Waals surface area (Å²) in [5.41, 5.74) is 10.5. The molecule has 0 N–H and O–H groups in total. The van der Waals surface area contributed by atoms with E-state index in [1.165, 1.54) is 44.5 Å². The molecular formula is C24H21Cl2Zr. The van der Waals surface area contributed by atoms with Crippen LogP contribution in [-0.2, 0) is 25.8 Å². The first kappa shape index (κ1) is 19.2. The Bertz CT molecular complexity index is 1010. The topological polar surface area (TPSA) is 0 Å². The van der Waals surface area contributed by atoms with E-state index in [1.54, 1.807) is 0 Å². The third-order valence-corrected chi connectivity index (χ3v) is 10.6. The van der Waals surface area contributed by atoms with Gasteiger partial charge in [-0.2, -0.15) is 0 Å². The average Bonchev–Trinajstić information content (AvgIpc) is 3.08. The van der Waals surface area contributed by atoms with Crippen LogP contribution in [0.3, 0.4) is 0 Å². The van der Waals surface area contributed by atoms with Crippen LogP contribution in [0, 0.1) is 6.92 Å². The quantitative estimate of drug-likeness (QED) is 0.365. The van der Waals surface area contributed by atoms with Crippen molar-refractivity contribution in [2.24, 2.45) is 0 Å². The molecule has 0 aromatic heterocycles. The molecule has 3 aromatic rings. The number of fused-ring (bicyclic) bond motifs is 1. The van der Waals surface area contributed by atoms with Gasteiger partial charge in [0.25, 0.3) is 0 Å². The Kier molecular flexibility index (Phi) is 5.74. The van der Waals surface area contributed by atoms with Crippen LogP contribution in [0.5, 0.6) is 0 Å². The SMILES string of the molecule is CCc1ccc2c(c1-c1ccccc1C)C=C(c1ccccc1)[CH]2[Zr]([Cl])[Cl]. The molecule has 135 valence electrons. The predicted molar refractivity (Wildman–Crippen MR) is 115 cm³/mol. The molecule has 0 saturated carbocycles. The van der Waals surface area contributed by atoms with Gasteiger partial charge in [0.2, 0.25) is 0 Å². The van der Waals surface area contributed by atoms with E-state index in [0.717, 1.165) is 6.42 Å². The van der Waals surface area contributed by atoms with Crippen LogP contribution in [0.2, 0.25) is 0 Å². The molecule has 4 rings (SSSR count). The summed E-state index contributed by atoms with van der Waals surface area (Å²) in [7, 11) is 13.4.